The molecule has 1 aromatic carbocycles. The lowest BCUT2D eigenvalue weighted by Crippen LogP contribution is -2.17. The maximum atomic E-state index is 13.2. The first kappa shape index (κ1) is 12.0. The lowest BCUT2D eigenvalue weighted by Gasteiger charge is -1.98. The van der Waals surface area contributed by atoms with Crippen LogP contribution in [0.25, 0.3) is 0 Å². The molecular weight excluding hydrogens is 235 g/mol. The van der Waals surface area contributed by atoms with Crippen LogP contribution in [0.5, 0.6) is 0 Å². The highest BCUT2D eigenvalue weighted by Crippen LogP contribution is 2.08. The minimum Gasteiger partial charge on any atom is -0.469 e. The smallest absolute Gasteiger partial charge is 0.274 e. The van der Waals surface area contributed by atoms with Gasteiger partial charge in [-0.15, -0.1) is 0 Å². The Bertz CT molecular complexity index is 590. The van der Waals surface area contributed by atoms with Gasteiger partial charge in [0.25, 0.3) is 5.91 Å². The highest BCUT2D eigenvalue weighted by Gasteiger charge is 2.09. The monoisotopic (exact) mass is 246 g/mol. The van der Waals surface area contributed by atoms with Gasteiger partial charge in [0.05, 0.1) is 18.0 Å². The van der Waals surface area contributed by atoms with Crippen LogP contribution in [0.15, 0.2) is 46.1 Å². The van der Waals surface area contributed by atoms with Gasteiger partial charge in [-0.3, -0.25) is 4.79 Å². The molecule has 0 unspecified atom stereocenters. The van der Waals surface area contributed by atoms with Gasteiger partial charge in [-0.25, -0.2) is 9.82 Å². The van der Waals surface area contributed by atoms with Crippen molar-refractivity contribution >= 4 is 12.1 Å². The Morgan fingerprint density at radius 1 is 1.39 bits per heavy atom. The third kappa shape index (κ3) is 2.63. The third-order valence-electron chi connectivity index (χ3n) is 2.38. The Morgan fingerprint density at radius 2 is 2.17 bits per heavy atom. The van der Waals surface area contributed by atoms with Gasteiger partial charge in [0.2, 0.25) is 0 Å². The number of nitrogens with one attached hydrogen (secondary N) is 1. The number of furan rings is 1. The van der Waals surface area contributed by atoms with Crippen molar-refractivity contribution in [3.8, 4) is 0 Å². The summed E-state index contributed by atoms with van der Waals surface area (Å²) in [6.07, 6.45) is 2.67. The van der Waals surface area contributed by atoms with Gasteiger partial charge in [-0.1, -0.05) is 18.2 Å². The molecule has 0 fully saturated rings. The summed E-state index contributed by atoms with van der Waals surface area (Å²) in [5.41, 5.74) is 3.02. The van der Waals surface area contributed by atoms with Crippen molar-refractivity contribution in [2.45, 2.75) is 6.92 Å². The minimum atomic E-state index is -0.395. The summed E-state index contributed by atoms with van der Waals surface area (Å²) in [6.45, 7) is 1.68. The van der Waals surface area contributed by atoms with Crippen LogP contribution in [0.4, 0.5) is 4.39 Å². The van der Waals surface area contributed by atoms with Crippen LogP contribution in [0.2, 0.25) is 0 Å². The van der Waals surface area contributed by atoms with E-state index in [1.54, 1.807) is 31.2 Å². The van der Waals surface area contributed by atoms with Crippen LogP contribution in [-0.4, -0.2) is 12.1 Å². The molecule has 0 aliphatic heterocycles. The molecule has 92 valence electrons. The van der Waals surface area contributed by atoms with Crippen LogP contribution < -0.4 is 5.43 Å². The molecule has 0 bridgehead atoms. The first-order valence-electron chi connectivity index (χ1n) is 5.30. The van der Waals surface area contributed by atoms with Gasteiger partial charge in [-0.05, 0) is 19.1 Å². The Balaban J connectivity index is 2.03. The first-order chi connectivity index (χ1) is 8.68. The van der Waals surface area contributed by atoms with E-state index >= 15 is 0 Å². The van der Waals surface area contributed by atoms with Gasteiger partial charge < -0.3 is 4.42 Å². The van der Waals surface area contributed by atoms with E-state index in [0.29, 0.717) is 16.9 Å². The Labute approximate surface area is 103 Å². The van der Waals surface area contributed by atoms with Gasteiger partial charge in [0.1, 0.15) is 11.6 Å². The van der Waals surface area contributed by atoms with E-state index in [4.69, 9.17) is 4.42 Å². The number of benzene rings is 1. The van der Waals surface area contributed by atoms with E-state index in [1.807, 2.05) is 0 Å². The third-order valence-corrected chi connectivity index (χ3v) is 2.38. The van der Waals surface area contributed by atoms with Crippen molar-refractivity contribution in [2.75, 3.05) is 0 Å². The summed E-state index contributed by atoms with van der Waals surface area (Å²) in [7, 11) is 0. The second-order valence-corrected chi connectivity index (χ2v) is 3.61. The fourth-order valence-corrected chi connectivity index (χ4v) is 1.42. The molecule has 4 nitrogen and oxygen atoms in total. The molecule has 0 atom stereocenters. The van der Waals surface area contributed by atoms with E-state index in [1.165, 1.54) is 18.5 Å². The van der Waals surface area contributed by atoms with E-state index in [0.717, 1.165) is 0 Å². The highest BCUT2D eigenvalue weighted by molar-refractivity contribution is 5.95. The highest BCUT2D eigenvalue weighted by atomic mass is 19.1. The van der Waals surface area contributed by atoms with Crippen LogP contribution >= 0.6 is 0 Å². The lowest BCUT2D eigenvalue weighted by molar-refractivity contribution is 0.0953. The number of hydrogen-bond acceptors (Lipinski definition) is 3. The standard InChI is InChI=1S/C13H11FN2O2/c1-9-11(6-7-18-9)13(17)16-15-8-10-4-2-3-5-12(10)14/h2-8H,1H3,(H,16,17)/b15-8+. The predicted molar refractivity (Wildman–Crippen MR) is 64.9 cm³/mol. The lowest BCUT2D eigenvalue weighted by atomic mass is 10.2. The van der Waals surface area contributed by atoms with Crippen LogP contribution in [0.3, 0.4) is 0 Å². The molecule has 0 spiro atoms. The summed E-state index contributed by atoms with van der Waals surface area (Å²) in [6, 6.07) is 7.70. The molecule has 1 heterocycles. The summed E-state index contributed by atoms with van der Waals surface area (Å²) in [4.78, 5) is 11.6. The fourth-order valence-electron chi connectivity index (χ4n) is 1.42. The van der Waals surface area contributed by atoms with Crippen molar-refractivity contribution in [2.24, 2.45) is 5.10 Å². The molecule has 1 aromatic heterocycles. The van der Waals surface area contributed by atoms with Gasteiger partial charge in [0.15, 0.2) is 0 Å². The molecule has 1 amide bonds. The van der Waals surface area contributed by atoms with Gasteiger partial charge >= 0.3 is 0 Å². The number of nitrogens with zero attached hydrogens (tertiary/aromatic N) is 1. The number of rotatable bonds is 3. The summed E-state index contributed by atoms with van der Waals surface area (Å²) < 4.78 is 18.2. The van der Waals surface area contributed by atoms with Crippen LogP contribution in [0.1, 0.15) is 21.7 Å². The largest absolute Gasteiger partial charge is 0.469 e. The fraction of sp³-hybridized carbons (Fsp3) is 0.0769. The van der Waals surface area contributed by atoms with Gasteiger partial charge in [0, 0.05) is 5.56 Å². The quantitative estimate of drug-likeness (QED) is 0.668. The van der Waals surface area contributed by atoms with E-state index in [-0.39, 0.29) is 0 Å². The zero-order chi connectivity index (χ0) is 13.0. The number of carbonyl (C=O) groups is 1. The molecule has 2 aromatic rings. The zero-order valence-corrected chi connectivity index (χ0v) is 9.68. The number of halogens is 1. The second-order valence-electron chi connectivity index (χ2n) is 3.61. The van der Waals surface area contributed by atoms with Gasteiger partial charge in [-0.2, -0.15) is 5.10 Å². The summed E-state index contributed by atoms with van der Waals surface area (Å²) in [5.74, 6) is -0.280. The Kier molecular flexibility index (Phi) is 3.52. The van der Waals surface area contributed by atoms with E-state index in [2.05, 4.69) is 10.5 Å². The number of hydrazone groups is 1. The maximum Gasteiger partial charge on any atom is 0.274 e. The second kappa shape index (κ2) is 5.27. The zero-order valence-electron chi connectivity index (χ0n) is 9.68. The molecule has 0 aliphatic rings. The molecular formula is C13H11FN2O2. The molecule has 0 saturated carbocycles. The number of carbonyl (C=O) groups excluding carboxylic acids is 1. The first-order valence-corrected chi connectivity index (χ1v) is 5.30. The molecule has 0 radical (unpaired) electrons. The molecule has 5 heteroatoms. The van der Waals surface area contributed by atoms with Crippen molar-refractivity contribution in [1.82, 2.24) is 5.43 Å². The van der Waals surface area contributed by atoms with Crippen molar-refractivity contribution in [3.05, 3.63) is 59.3 Å². The summed E-state index contributed by atoms with van der Waals surface area (Å²) >= 11 is 0. The predicted octanol–water partition coefficient (Wildman–Crippen LogP) is 2.49. The van der Waals surface area contributed by atoms with Crippen molar-refractivity contribution in [1.29, 1.82) is 0 Å². The molecule has 1 N–H and O–H groups in total. The molecule has 2 rings (SSSR count). The van der Waals surface area contributed by atoms with Crippen LogP contribution in [0, 0.1) is 12.7 Å². The number of amides is 1. The van der Waals surface area contributed by atoms with Crippen molar-refractivity contribution in [3.63, 3.8) is 0 Å². The molecule has 0 saturated heterocycles. The number of aryl methyl sites for hydroxylation is 1. The summed E-state index contributed by atoms with van der Waals surface area (Å²) in [5, 5.41) is 3.69. The number of hydrogen-bond donors (Lipinski definition) is 1. The average Bonchev–Trinajstić information content (AvgIpc) is 2.78. The van der Waals surface area contributed by atoms with Crippen LogP contribution in [-0.2, 0) is 0 Å². The maximum absolute atomic E-state index is 13.2. The van der Waals surface area contributed by atoms with E-state index < -0.39 is 11.7 Å². The minimum absolute atomic E-state index is 0.307. The Hall–Kier alpha value is -2.43. The topological polar surface area (TPSA) is 54.6 Å². The molecule has 18 heavy (non-hydrogen) atoms. The average molecular weight is 246 g/mol. The SMILES string of the molecule is Cc1occc1C(=O)N/N=C/c1ccccc1F. The molecule has 0 aliphatic carbocycles. The Morgan fingerprint density at radius 3 is 2.83 bits per heavy atom. The normalized spacial score (nSPS) is 10.8. The van der Waals surface area contributed by atoms with E-state index in [9.17, 15) is 9.18 Å². The van der Waals surface area contributed by atoms with Crippen molar-refractivity contribution < 1.29 is 13.6 Å².